The zero-order valence-corrected chi connectivity index (χ0v) is 18.7. The van der Waals surface area contributed by atoms with E-state index in [1.54, 1.807) is 24.3 Å². The molecule has 0 unspecified atom stereocenters. The number of benzene rings is 1. The molecular weight excluding hydrogens is 464 g/mol. The highest BCUT2D eigenvalue weighted by atomic mass is 19.4. The summed E-state index contributed by atoms with van der Waals surface area (Å²) in [7, 11) is 0. The van der Waals surface area contributed by atoms with E-state index in [4.69, 9.17) is 5.11 Å². The van der Waals surface area contributed by atoms with Gasteiger partial charge in [0.1, 0.15) is 5.82 Å². The lowest BCUT2D eigenvalue weighted by atomic mass is 10.0. The van der Waals surface area contributed by atoms with Gasteiger partial charge in [0.05, 0.1) is 36.0 Å². The summed E-state index contributed by atoms with van der Waals surface area (Å²) in [6.07, 6.45) is -0.366. The number of aliphatic hydroxyl groups excluding tert-OH is 1. The van der Waals surface area contributed by atoms with Crippen LogP contribution in [-0.4, -0.2) is 65.5 Å². The van der Waals surface area contributed by atoms with E-state index < -0.39 is 17.6 Å². The van der Waals surface area contributed by atoms with Crippen LogP contribution in [0.5, 0.6) is 0 Å². The fourth-order valence-corrected chi connectivity index (χ4v) is 3.78. The minimum Gasteiger partial charge on any atom is -0.395 e. The first-order chi connectivity index (χ1) is 16.8. The van der Waals surface area contributed by atoms with Gasteiger partial charge in [-0.05, 0) is 23.8 Å². The van der Waals surface area contributed by atoms with Gasteiger partial charge in [-0.15, -0.1) is 0 Å². The molecule has 184 valence electrons. The maximum atomic E-state index is 14.4. The molecule has 11 heteroatoms. The molecule has 1 aliphatic rings. The average molecular weight is 488 g/mol. The normalized spacial score (nSPS) is 15.1. The van der Waals surface area contributed by atoms with Crippen molar-refractivity contribution in [1.29, 1.82) is 0 Å². The molecule has 2 N–H and O–H groups in total. The van der Waals surface area contributed by atoms with E-state index in [1.165, 1.54) is 18.5 Å². The van der Waals surface area contributed by atoms with Gasteiger partial charge in [-0.1, -0.05) is 18.2 Å². The second-order valence-electron chi connectivity index (χ2n) is 7.99. The molecule has 0 atom stereocenters. The molecule has 2 aromatic heterocycles. The van der Waals surface area contributed by atoms with Gasteiger partial charge >= 0.3 is 6.18 Å². The number of aliphatic hydroxyl groups is 1. The summed E-state index contributed by atoms with van der Waals surface area (Å²) >= 11 is 0. The second-order valence-corrected chi connectivity index (χ2v) is 7.99. The van der Waals surface area contributed by atoms with Gasteiger partial charge in [-0.2, -0.15) is 18.3 Å². The van der Waals surface area contributed by atoms with Crippen LogP contribution in [0, 0.1) is 5.82 Å². The average Bonchev–Trinajstić information content (AvgIpc) is 2.86. The Labute approximate surface area is 199 Å². The van der Waals surface area contributed by atoms with E-state index in [-0.39, 0.29) is 6.61 Å². The molecule has 4 rings (SSSR count). The summed E-state index contributed by atoms with van der Waals surface area (Å²) in [6.45, 7) is 3.41. The molecule has 1 aliphatic heterocycles. The number of rotatable bonds is 7. The van der Waals surface area contributed by atoms with Crippen molar-refractivity contribution < 1.29 is 22.7 Å². The molecule has 0 aliphatic carbocycles. The number of piperazine rings is 1. The lowest BCUT2D eigenvalue weighted by Gasteiger charge is -2.35. The van der Waals surface area contributed by atoms with Gasteiger partial charge in [-0.25, -0.2) is 9.37 Å². The summed E-state index contributed by atoms with van der Waals surface area (Å²) in [5.41, 5.74) is 3.90. The van der Waals surface area contributed by atoms with Crippen LogP contribution in [0.3, 0.4) is 0 Å². The Morgan fingerprint density at radius 2 is 1.80 bits per heavy atom. The number of hydrazone groups is 1. The quantitative estimate of drug-likeness (QED) is 0.299. The Morgan fingerprint density at radius 1 is 1.00 bits per heavy atom. The summed E-state index contributed by atoms with van der Waals surface area (Å²) in [5.74, 6) is -0.0713. The minimum absolute atomic E-state index is 0.0958. The smallest absolute Gasteiger partial charge is 0.395 e. The first-order valence-electron chi connectivity index (χ1n) is 11.0. The number of halogens is 4. The number of anilines is 2. The molecule has 0 radical (unpaired) electrons. The number of β-amino-alcohol motifs (C(OH)–C–C–N with tert-alkyl or cyclic N) is 1. The Morgan fingerprint density at radius 3 is 2.49 bits per heavy atom. The summed E-state index contributed by atoms with van der Waals surface area (Å²) in [5, 5.41) is 13.1. The molecule has 0 bridgehead atoms. The van der Waals surface area contributed by atoms with E-state index in [0.717, 1.165) is 31.4 Å². The summed E-state index contributed by atoms with van der Waals surface area (Å²) < 4.78 is 53.2. The number of hydrogen-bond acceptors (Lipinski definition) is 7. The molecule has 35 heavy (non-hydrogen) atoms. The number of aromatic nitrogens is 2. The third-order valence-corrected chi connectivity index (χ3v) is 5.65. The van der Waals surface area contributed by atoms with Crippen molar-refractivity contribution in [2.45, 2.75) is 6.18 Å². The van der Waals surface area contributed by atoms with Crippen molar-refractivity contribution in [2.75, 3.05) is 49.7 Å². The van der Waals surface area contributed by atoms with E-state index in [9.17, 15) is 17.6 Å². The van der Waals surface area contributed by atoms with E-state index >= 15 is 0 Å². The SMILES string of the molecule is OCCN1CCN(c2cc(N/N=C/c3ccc(-c4cccc(C(F)(F)F)c4)cn3)ncc2F)CC1. The Kier molecular flexibility index (Phi) is 7.57. The number of alkyl halides is 3. The molecular formula is C24H24F4N6O. The number of nitrogens with zero attached hydrogens (tertiary/aromatic N) is 5. The molecule has 7 nitrogen and oxygen atoms in total. The highest BCUT2D eigenvalue weighted by Gasteiger charge is 2.30. The van der Waals surface area contributed by atoms with Crippen LogP contribution in [0.2, 0.25) is 0 Å². The van der Waals surface area contributed by atoms with Crippen molar-refractivity contribution >= 4 is 17.7 Å². The number of nitrogens with one attached hydrogen (secondary N) is 1. The Hall–Kier alpha value is -3.57. The molecule has 0 saturated carbocycles. The minimum atomic E-state index is -4.41. The largest absolute Gasteiger partial charge is 0.416 e. The third-order valence-electron chi connectivity index (χ3n) is 5.65. The maximum absolute atomic E-state index is 14.4. The van der Waals surface area contributed by atoms with Gasteiger partial charge in [0.15, 0.2) is 5.82 Å². The zero-order chi connectivity index (χ0) is 24.8. The summed E-state index contributed by atoms with van der Waals surface area (Å²) in [4.78, 5) is 12.3. The predicted molar refractivity (Wildman–Crippen MR) is 126 cm³/mol. The highest BCUT2D eigenvalue weighted by Crippen LogP contribution is 2.32. The highest BCUT2D eigenvalue weighted by molar-refractivity contribution is 5.78. The van der Waals surface area contributed by atoms with Crippen molar-refractivity contribution in [3.8, 4) is 11.1 Å². The summed E-state index contributed by atoms with van der Waals surface area (Å²) in [6, 6.07) is 9.93. The first kappa shape index (κ1) is 24.6. The molecule has 3 heterocycles. The Bertz CT molecular complexity index is 1160. The van der Waals surface area contributed by atoms with Crippen molar-refractivity contribution in [2.24, 2.45) is 5.10 Å². The molecule has 1 aromatic carbocycles. The predicted octanol–water partition coefficient (Wildman–Crippen LogP) is 3.86. The number of pyridine rings is 2. The van der Waals surface area contributed by atoms with Gasteiger partial charge < -0.3 is 10.0 Å². The molecule has 3 aromatic rings. The molecule has 0 spiro atoms. The van der Waals surface area contributed by atoms with Crippen LogP contribution in [0.15, 0.2) is 60.0 Å². The van der Waals surface area contributed by atoms with Crippen LogP contribution < -0.4 is 10.3 Å². The van der Waals surface area contributed by atoms with Crippen LogP contribution in [0.4, 0.5) is 29.1 Å². The van der Waals surface area contributed by atoms with Crippen LogP contribution in [-0.2, 0) is 6.18 Å². The van der Waals surface area contributed by atoms with Gasteiger partial charge in [0, 0.05) is 50.6 Å². The van der Waals surface area contributed by atoms with E-state index in [0.29, 0.717) is 48.0 Å². The van der Waals surface area contributed by atoms with E-state index in [2.05, 4.69) is 25.4 Å². The lowest BCUT2D eigenvalue weighted by molar-refractivity contribution is -0.137. The third kappa shape index (κ3) is 6.31. The lowest BCUT2D eigenvalue weighted by Crippen LogP contribution is -2.47. The standard InChI is InChI=1S/C24H24F4N6O/c25-21-16-30-23(13-22(21)34-8-6-33(7-9-34)10-11-35)32-31-15-20-5-4-18(14-29-20)17-2-1-3-19(12-17)24(26,27)28/h1-5,12-16,35H,6-11H2,(H,30,32)/b31-15+. The van der Waals surface area contributed by atoms with Crippen LogP contribution in [0.25, 0.3) is 11.1 Å². The van der Waals surface area contributed by atoms with E-state index in [1.807, 2.05) is 4.90 Å². The van der Waals surface area contributed by atoms with Crippen molar-refractivity contribution in [3.05, 3.63) is 71.9 Å². The molecule has 0 amide bonds. The van der Waals surface area contributed by atoms with Crippen molar-refractivity contribution in [3.63, 3.8) is 0 Å². The van der Waals surface area contributed by atoms with Crippen LogP contribution >= 0.6 is 0 Å². The fourth-order valence-electron chi connectivity index (χ4n) is 3.78. The monoisotopic (exact) mass is 488 g/mol. The fraction of sp³-hybridized carbons (Fsp3) is 0.292. The Balaban J connectivity index is 1.39. The van der Waals surface area contributed by atoms with Gasteiger partial charge in [-0.3, -0.25) is 15.3 Å². The molecule has 1 saturated heterocycles. The second kappa shape index (κ2) is 10.8. The maximum Gasteiger partial charge on any atom is 0.416 e. The van der Waals surface area contributed by atoms with Gasteiger partial charge in [0.25, 0.3) is 0 Å². The van der Waals surface area contributed by atoms with Gasteiger partial charge in [0.2, 0.25) is 0 Å². The zero-order valence-electron chi connectivity index (χ0n) is 18.7. The number of hydrogen-bond donors (Lipinski definition) is 2. The topological polar surface area (TPSA) is 76.9 Å². The molecule has 1 fully saturated rings. The van der Waals surface area contributed by atoms with Crippen molar-refractivity contribution in [1.82, 2.24) is 14.9 Å². The van der Waals surface area contributed by atoms with Crippen LogP contribution in [0.1, 0.15) is 11.3 Å². The first-order valence-corrected chi connectivity index (χ1v) is 11.0.